The first kappa shape index (κ1) is 11.0. The number of carbonyl (C=O) groups excluding carboxylic acids is 2. The zero-order valence-electron chi connectivity index (χ0n) is 10.3. The van der Waals surface area contributed by atoms with Gasteiger partial charge in [-0.25, -0.2) is 4.98 Å². The number of nitrogens with one attached hydrogen (secondary N) is 1. The average Bonchev–Trinajstić information content (AvgIpc) is 3.01. The number of amides is 2. The van der Waals surface area contributed by atoms with Gasteiger partial charge in [-0.15, -0.1) is 0 Å². The minimum absolute atomic E-state index is 0.158. The van der Waals surface area contributed by atoms with Crippen molar-refractivity contribution < 1.29 is 9.59 Å². The van der Waals surface area contributed by atoms with E-state index in [1.807, 2.05) is 0 Å². The summed E-state index contributed by atoms with van der Waals surface area (Å²) in [7, 11) is 0. The molecular formula is C13H9N5O2. The van der Waals surface area contributed by atoms with Gasteiger partial charge < -0.3 is 5.32 Å². The van der Waals surface area contributed by atoms with E-state index in [2.05, 4.69) is 20.3 Å². The van der Waals surface area contributed by atoms with Gasteiger partial charge in [-0.2, -0.15) is 0 Å². The summed E-state index contributed by atoms with van der Waals surface area (Å²) in [5.41, 5.74) is 2.82. The number of nitrogens with zero attached hydrogens (tertiary/aromatic N) is 4. The number of hydrogen-bond donors (Lipinski definition) is 1. The van der Waals surface area contributed by atoms with Gasteiger partial charge in [0.1, 0.15) is 0 Å². The van der Waals surface area contributed by atoms with Gasteiger partial charge in [0, 0.05) is 12.4 Å². The first-order valence-electron chi connectivity index (χ1n) is 6.13. The first-order valence-corrected chi connectivity index (χ1v) is 6.13. The molecule has 2 aliphatic rings. The SMILES string of the molecule is O=C1NCc2ncc(N3Cc4nccnc4C3=O)cc21. The lowest BCUT2D eigenvalue weighted by molar-refractivity contribution is 0.0962. The zero-order valence-corrected chi connectivity index (χ0v) is 10.3. The Hall–Kier alpha value is -2.83. The standard InChI is InChI=1S/C13H9N5O2/c19-12-8-3-7(4-16-9(8)5-17-12)18-6-10-11(13(18)20)15-2-1-14-10/h1-4H,5-6H2,(H,17,19). The van der Waals surface area contributed by atoms with Crippen LogP contribution in [-0.2, 0) is 13.1 Å². The quantitative estimate of drug-likeness (QED) is 0.801. The van der Waals surface area contributed by atoms with E-state index in [4.69, 9.17) is 0 Å². The van der Waals surface area contributed by atoms with Gasteiger partial charge in [-0.3, -0.25) is 24.5 Å². The van der Waals surface area contributed by atoms with E-state index in [-0.39, 0.29) is 11.8 Å². The second-order valence-electron chi connectivity index (χ2n) is 4.61. The molecule has 0 radical (unpaired) electrons. The molecule has 2 aromatic heterocycles. The molecule has 2 amide bonds. The molecule has 2 aliphatic heterocycles. The number of aromatic nitrogens is 3. The maximum Gasteiger partial charge on any atom is 0.279 e. The number of rotatable bonds is 1. The summed E-state index contributed by atoms with van der Waals surface area (Å²) in [5.74, 6) is -0.372. The Labute approximate surface area is 113 Å². The number of pyridine rings is 1. The van der Waals surface area contributed by atoms with Gasteiger partial charge in [0.05, 0.1) is 41.9 Å². The Balaban J connectivity index is 1.76. The lowest BCUT2D eigenvalue weighted by Gasteiger charge is -2.15. The Bertz CT molecular complexity index is 758. The fourth-order valence-electron chi connectivity index (χ4n) is 2.45. The van der Waals surface area contributed by atoms with Crippen LogP contribution in [0.2, 0.25) is 0 Å². The van der Waals surface area contributed by atoms with Crippen molar-refractivity contribution in [3.8, 4) is 0 Å². The Kier molecular flexibility index (Phi) is 2.11. The first-order chi connectivity index (χ1) is 9.74. The van der Waals surface area contributed by atoms with E-state index in [9.17, 15) is 9.59 Å². The van der Waals surface area contributed by atoms with E-state index in [1.54, 1.807) is 18.5 Å². The van der Waals surface area contributed by atoms with Crippen LogP contribution in [0.15, 0.2) is 24.7 Å². The summed E-state index contributed by atoms with van der Waals surface area (Å²) in [5, 5.41) is 2.70. The summed E-state index contributed by atoms with van der Waals surface area (Å²) in [6.45, 7) is 0.788. The van der Waals surface area contributed by atoms with Crippen LogP contribution in [0.3, 0.4) is 0 Å². The number of fused-ring (bicyclic) bond motifs is 2. The second-order valence-corrected chi connectivity index (χ2v) is 4.61. The smallest absolute Gasteiger partial charge is 0.279 e. The summed E-state index contributed by atoms with van der Waals surface area (Å²) < 4.78 is 0. The Morgan fingerprint density at radius 2 is 1.95 bits per heavy atom. The highest BCUT2D eigenvalue weighted by Crippen LogP contribution is 2.27. The molecule has 98 valence electrons. The van der Waals surface area contributed by atoms with Gasteiger partial charge >= 0.3 is 0 Å². The molecule has 2 aromatic rings. The van der Waals surface area contributed by atoms with Crippen molar-refractivity contribution in [1.29, 1.82) is 0 Å². The van der Waals surface area contributed by atoms with Gasteiger partial charge in [0.2, 0.25) is 0 Å². The molecule has 20 heavy (non-hydrogen) atoms. The van der Waals surface area contributed by atoms with Crippen molar-refractivity contribution in [1.82, 2.24) is 20.3 Å². The molecule has 0 aromatic carbocycles. The van der Waals surface area contributed by atoms with E-state index in [0.717, 1.165) is 0 Å². The summed E-state index contributed by atoms with van der Waals surface area (Å²) in [6, 6.07) is 1.69. The molecule has 0 saturated heterocycles. The summed E-state index contributed by atoms with van der Waals surface area (Å²) >= 11 is 0. The zero-order chi connectivity index (χ0) is 13.7. The molecule has 0 aliphatic carbocycles. The maximum atomic E-state index is 12.3. The van der Waals surface area contributed by atoms with Gasteiger partial charge in [-0.05, 0) is 6.07 Å². The molecule has 0 fully saturated rings. The Morgan fingerprint density at radius 1 is 1.10 bits per heavy atom. The minimum Gasteiger partial charge on any atom is -0.346 e. The van der Waals surface area contributed by atoms with Crippen molar-refractivity contribution >= 4 is 17.5 Å². The van der Waals surface area contributed by atoms with Crippen LogP contribution in [-0.4, -0.2) is 26.8 Å². The second kappa shape index (κ2) is 3.83. The summed E-state index contributed by atoms with van der Waals surface area (Å²) in [4.78, 5) is 37.9. The molecule has 0 spiro atoms. The van der Waals surface area contributed by atoms with Crippen molar-refractivity contribution in [2.75, 3.05) is 4.90 Å². The number of carbonyl (C=O) groups is 2. The van der Waals surface area contributed by atoms with E-state index in [1.165, 1.54) is 11.1 Å². The third-order valence-electron chi connectivity index (χ3n) is 3.46. The molecule has 4 rings (SSSR count). The van der Waals surface area contributed by atoms with Gasteiger partial charge in [0.25, 0.3) is 11.8 Å². The minimum atomic E-state index is -0.215. The highest BCUT2D eigenvalue weighted by atomic mass is 16.2. The van der Waals surface area contributed by atoms with E-state index >= 15 is 0 Å². The molecule has 0 unspecified atom stereocenters. The fraction of sp³-hybridized carbons (Fsp3) is 0.154. The molecule has 4 heterocycles. The number of hydrogen-bond acceptors (Lipinski definition) is 5. The van der Waals surface area contributed by atoms with Crippen molar-refractivity contribution in [2.24, 2.45) is 0 Å². The van der Waals surface area contributed by atoms with Crippen molar-refractivity contribution in [3.05, 3.63) is 47.3 Å². The topological polar surface area (TPSA) is 88.1 Å². The third-order valence-corrected chi connectivity index (χ3v) is 3.46. The largest absolute Gasteiger partial charge is 0.346 e. The molecule has 7 nitrogen and oxygen atoms in total. The normalized spacial score (nSPS) is 16.1. The predicted molar refractivity (Wildman–Crippen MR) is 68.0 cm³/mol. The van der Waals surface area contributed by atoms with Crippen molar-refractivity contribution in [2.45, 2.75) is 13.1 Å². The lowest BCUT2D eigenvalue weighted by Crippen LogP contribution is -2.24. The lowest BCUT2D eigenvalue weighted by atomic mass is 10.2. The van der Waals surface area contributed by atoms with Crippen LogP contribution >= 0.6 is 0 Å². The summed E-state index contributed by atoms with van der Waals surface area (Å²) in [6.07, 6.45) is 4.65. The number of anilines is 1. The monoisotopic (exact) mass is 267 g/mol. The van der Waals surface area contributed by atoms with Crippen molar-refractivity contribution in [3.63, 3.8) is 0 Å². The fourth-order valence-corrected chi connectivity index (χ4v) is 2.45. The molecule has 1 N–H and O–H groups in total. The van der Waals surface area contributed by atoms with Crippen LogP contribution in [0.5, 0.6) is 0 Å². The van der Waals surface area contributed by atoms with Gasteiger partial charge in [0.15, 0.2) is 5.69 Å². The molecular weight excluding hydrogens is 258 g/mol. The molecule has 0 saturated carbocycles. The van der Waals surface area contributed by atoms with E-state index < -0.39 is 0 Å². The third kappa shape index (κ3) is 1.43. The van der Waals surface area contributed by atoms with Crippen LogP contribution < -0.4 is 10.2 Å². The highest BCUT2D eigenvalue weighted by molar-refractivity contribution is 6.09. The van der Waals surface area contributed by atoms with Gasteiger partial charge in [-0.1, -0.05) is 0 Å². The van der Waals surface area contributed by atoms with Crippen LogP contribution in [0.4, 0.5) is 5.69 Å². The average molecular weight is 267 g/mol. The maximum absolute atomic E-state index is 12.3. The van der Waals surface area contributed by atoms with Crippen LogP contribution in [0.1, 0.15) is 32.2 Å². The Morgan fingerprint density at radius 3 is 2.80 bits per heavy atom. The van der Waals surface area contributed by atoms with E-state index in [0.29, 0.717) is 41.4 Å². The molecule has 0 atom stereocenters. The van der Waals surface area contributed by atoms with Crippen LogP contribution in [0.25, 0.3) is 0 Å². The molecule has 7 heteroatoms. The molecule has 0 bridgehead atoms. The predicted octanol–water partition coefficient (Wildman–Crippen LogP) is 0.275. The highest BCUT2D eigenvalue weighted by Gasteiger charge is 2.32. The van der Waals surface area contributed by atoms with Crippen LogP contribution in [0, 0.1) is 0 Å².